The quantitative estimate of drug-likeness (QED) is 0.478. The molecule has 1 fully saturated rings. The molecule has 0 radical (unpaired) electrons. The van der Waals surface area contributed by atoms with Crippen LogP contribution in [-0.2, 0) is 6.54 Å². The van der Waals surface area contributed by atoms with Crippen LogP contribution in [0, 0.1) is 0 Å². The van der Waals surface area contributed by atoms with Crippen LogP contribution in [0.3, 0.4) is 0 Å². The number of benzene rings is 2. The van der Waals surface area contributed by atoms with Crippen LogP contribution in [-0.4, -0.2) is 55.0 Å². The third-order valence-corrected chi connectivity index (χ3v) is 5.49. The van der Waals surface area contributed by atoms with Gasteiger partial charge in [-0.2, -0.15) is 0 Å². The first-order valence-corrected chi connectivity index (χ1v) is 10.9. The number of rotatable bonds is 9. The number of hydrogen-bond donors (Lipinski definition) is 0. The lowest BCUT2D eigenvalue weighted by atomic mass is 10.2. The number of methoxy groups -OCH3 is 1. The van der Waals surface area contributed by atoms with Gasteiger partial charge in [-0.15, -0.1) is 10.2 Å². The average molecular weight is 423 g/mol. The predicted octanol–water partition coefficient (Wildman–Crippen LogP) is 4.25. The number of unbranched alkanes of at least 4 members (excludes halogenated alkanes) is 1. The Labute approximate surface area is 183 Å². The number of piperazine rings is 1. The average Bonchev–Trinajstić information content (AvgIpc) is 3.29. The second-order valence-electron chi connectivity index (χ2n) is 7.66. The minimum atomic E-state index is 0.544. The maximum Gasteiger partial charge on any atom is 0.247 e. The molecule has 4 rings (SSSR count). The fourth-order valence-corrected chi connectivity index (χ4v) is 3.69. The number of para-hydroxylation sites is 2. The van der Waals surface area contributed by atoms with E-state index in [0.29, 0.717) is 18.3 Å². The monoisotopic (exact) mass is 422 g/mol. The van der Waals surface area contributed by atoms with Crippen LogP contribution in [0.5, 0.6) is 11.5 Å². The van der Waals surface area contributed by atoms with Crippen molar-refractivity contribution in [2.24, 2.45) is 0 Å². The zero-order valence-electron chi connectivity index (χ0n) is 18.3. The van der Waals surface area contributed by atoms with Crippen LogP contribution in [0.1, 0.15) is 25.7 Å². The number of anilines is 1. The Morgan fingerprint density at radius 3 is 2.48 bits per heavy atom. The molecule has 164 valence electrons. The standard InChI is InChI=1S/C24H30N4O3/c1-3-4-17-30-20-11-9-19(10-12-20)24-26-25-23(31-24)18-27-13-15-28(16-14-27)21-7-5-6-8-22(21)29-2/h5-12H,3-4,13-18H2,1-2H3. The van der Waals surface area contributed by atoms with Crippen molar-refractivity contribution in [2.75, 3.05) is 44.8 Å². The summed E-state index contributed by atoms with van der Waals surface area (Å²) < 4.78 is 17.1. The molecule has 0 unspecified atom stereocenters. The Hall–Kier alpha value is -3.06. The van der Waals surface area contributed by atoms with Crippen LogP contribution < -0.4 is 14.4 Å². The third kappa shape index (κ3) is 5.35. The van der Waals surface area contributed by atoms with Crippen molar-refractivity contribution in [1.82, 2.24) is 15.1 Å². The first-order valence-electron chi connectivity index (χ1n) is 10.9. The lowest BCUT2D eigenvalue weighted by molar-refractivity contribution is 0.226. The van der Waals surface area contributed by atoms with E-state index in [2.05, 4.69) is 33.0 Å². The molecule has 0 N–H and O–H groups in total. The van der Waals surface area contributed by atoms with Gasteiger partial charge in [0.05, 0.1) is 25.9 Å². The van der Waals surface area contributed by atoms with Gasteiger partial charge < -0.3 is 18.8 Å². The van der Waals surface area contributed by atoms with Crippen molar-refractivity contribution in [3.8, 4) is 23.0 Å². The summed E-state index contributed by atoms with van der Waals surface area (Å²) in [6, 6.07) is 16.0. The maximum atomic E-state index is 5.92. The summed E-state index contributed by atoms with van der Waals surface area (Å²) in [5, 5.41) is 8.48. The van der Waals surface area contributed by atoms with E-state index in [1.807, 2.05) is 42.5 Å². The zero-order chi connectivity index (χ0) is 21.5. The molecule has 1 aliphatic heterocycles. The summed E-state index contributed by atoms with van der Waals surface area (Å²) in [4.78, 5) is 4.70. The minimum absolute atomic E-state index is 0.544. The summed E-state index contributed by atoms with van der Waals surface area (Å²) in [7, 11) is 1.72. The van der Waals surface area contributed by atoms with Crippen LogP contribution in [0.15, 0.2) is 52.9 Å². The van der Waals surface area contributed by atoms with Crippen molar-refractivity contribution in [3.63, 3.8) is 0 Å². The molecule has 0 aliphatic carbocycles. The predicted molar refractivity (Wildman–Crippen MR) is 121 cm³/mol. The highest BCUT2D eigenvalue weighted by molar-refractivity contribution is 5.58. The van der Waals surface area contributed by atoms with Gasteiger partial charge in [0.25, 0.3) is 0 Å². The topological polar surface area (TPSA) is 63.9 Å². The zero-order valence-corrected chi connectivity index (χ0v) is 18.3. The Kier molecular flexibility index (Phi) is 7.04. The van der Waals surface area contributed by atoms with Gasteiger partial charge in [-0.05, 0) is 42.8 Å². The summed E-state index contributed by atoms with van der Waals surface area (Å²) in [5.74, 6) is 2.97. The SMILES string of the molecule is CCCCOc1ccc(-c2nnc(CN3CCN(c4ccccc4OC)CC3)o2)cc1. The van der Waals surface area contributed by atoms with Crippen LogP contribution >= 0.6 is 0 Å². The van der Waals surface area contributed by atoms with Gasteiger partial charge >= 0.3 is 0 Å². The van der Waals surface area contributed by atoms with Gasteiger partial charge in [-0.1, -0.05) is 25.5 Å². The van der Waals surface area contributed by atoms with Crippen molar-refractivity contribution in [3.05, 3.63) is 54.4 Å². The lowest BCUT2D eigenvalue weighted by Gasteiger charge is -2.35. The molecule has 7 nitrogen and oxygen atoms in total. The maximum absolute atomic E-state index is 5.92. The molecule has 0 bridgehead atoms. The van der Waals surface area contributed by atoms with E-state index in [1.165, 1.54) is 0 Å². The molecule has 0 spiro atoms. The van der Waals surface area contributed by atoms with E-state index >= 15 is 0 Å². The molecule has 1 saturated heterocycles. The van der Waals surface area contributed by atoms with Crippen molar-refractivity contribution < 1.29 is 13.9 Å². The van der Waals surface area contributed by atoms with E-state index in [4.69, 9.17) is 13.9 Å². The highest BCUT2D eigenvalue weighted by Crippen LogP contribution is 2.28. The largest absolute Gasteiger partial charge is 0.495 e. The third-order valence-electron chi connectivity index (χ3n) is 5.49. The Morgan fingerprint density at radius 2 is 1.74 bits per heavy atom. The first-order chi connectivity index (χ1) is 15.3. The molecule has 0 saturated carbocycles. The molecule has 2 aromatic carbocycles. The Balaban J connectivity index is 1.31. The summed E-state index contributed by atoms with van der Waals surface area (Å²) in [5.41, 5.74) is 2.05. The van der Waals surface area contributed by atoms with E-state index in [0.717, 1.165) is 68.4 Å². The summed E-state index contributed by atoms with van der Waals surface area (Å²) in [6.07, 6.45) is 2.18. The molecule has 31 heavy (non-hydrogen) atoms. The highest BCUT2D eigenvalue weighted by atomic mass is 16.5. The van der Waals surface area contributed by atoms with Crippen molar-refractivity contribution >= 4 is 5.69 Å². The molecule has 0 atom stereocenters. The molecular weight excluding hydrogens is 392 g/mol. The normalized spacial score (nSPS) is 14.6. The number of aromatic nitrogens is 2. The van der Waals surface area contributed by atoms with E-state index in [1.54, 1.807) is 7.11 Å². The van der Waals surface area contributed by atoms with E-state index < -0.39 is 0 Å². The Morgan fingerprint density at radius 1 is 0.968 bits per heavy atom. The van der Waals surface area contributed by atoms with Crippen molar-refractivity contribution in [2.45, 2.75) is 26.3 Å². The number of hydrogen-bond acceptors (Lipinski definition) is 7. The first kappa shape index (κ1) is 21.2. The molecule has 7 heteroatoms. The van der Waals surface area contributed by atoms with Crippen LogP contribution in [0.25, 0.3) is 11.5 Å². The number of ether oxygens (including phenoxy) is 2. The van der Waals surface area contributed by atoms with Gasteiger partial charge in [0.1, 0.15) is 11.5 Å². The Bertz CT molecular complexity index is 949. The number of nitrogens with zero attached hydrogens (tertiary/aromatic N) is 4. The smallest absolute Gasteiger partial charge is 0.247 e. The van der Waals surface area contributed by atoms with Gasteiger partial charge in [0, 0.05) is 31.7 Å². The van der Waals surface area contributed by atoms with Gasteiger partial charge in [0.15, 0.2) is 0 Å². The summed E-state index contributed by atoms with van der Waals surface area (Å²) in [6.45, 7) is 7.27. The minimum Gasteiger partial charge on any atom is -0.495 e. The fourth-order valence-electron chi connectivity index (χ4n) is 3.69. The summed E-state index contributed by atoms with van der Waals surface area (Å²) >= 11 is 0. The molecule has 0 amide bonds. The molecule has 1 aromatic heterocycles. The second kappa shape index (κ2) is 10.3. The second-order valence-corrected chi connectivity index (χ2v) is 7.66. The lowest BCUT2D eigenvalue weighted by Crippen LogP contribution is -2.46. The molecule has 3 aromatic rings. The van der Waals surface area contributed by atoms with Crippen LogP contribution in [0.2, 0.25) is 0 Å². The molecule has 2 heterocycles. The van der Waals surface area contributed by atoms with Gasteiger partial charge in [-0.25, -0.2) is 0 Å². The van der Waals surface area contributed by atoms with Gasteiger partial charge in [-0.3, -0.25) is 4.90 Å². The van der Waals surface area contributed by atoms with E-state index in [9.17, 15) is 0 Å². The van der Waals surface area contributed by atoms with Crippen molar-refractivity contribution in [1.29, 1.82) is 0 Å². The highest BCUT2D eigenvalue weighted by Gasteiger charge is 2.21. The van der Waals surface area contributed by atoms with Gasteiger partial charge in [0.2, 0.25) is 11.8 Å². The molecule has 1 aliphatic rings. The fraction of sp³-hybridized carbons (Fsp3) is 0.417. The van der Waals surface area contributed by atoms with E-state index in [-0.39, 0.29) is 0 Å². The van der Waals surface area contributed by atoms with Crippen LogP contribution in [0.4, 0.5) is 5.69 Å². The molecular formula is C24H30N4O3.